The van der Waals surface area contributed by atoms with Gasteiger partial charge in [-0.05, 0) is 24.6 Å². The lowest BCUT2D eigenvalue weighted by Crippen LogP contribution is -2.42. The van der Waals surface area contributed by atoms with Crippen molar-refractivity contribution in [2.75, 3.05) is 20.1 Å². The van der Waals surface area contributed by atoms with Crippen molar-refractivity contribution < 1.29 is 14.0 Å². The fourth-order valence-electron chi connectivity index (χ4n) is 2.12. The summed E-state index contributed by atoms with van der Waals surface area (Å²) in [5.74, 6) is -0.634. The molecule has 0 radical (unpaired) electrons. The predicted molar refractivity (Wildman–Crippen MR) is 68.3 cm³/mol. The minimum absolute atomic E-state index is 0.0579. The number of carbonyl (C=O) groups excluding carboxylic acids is 2. The monoisotopic (exact) mass is 265 g/mol. The van der Waals surface area contributed by atoms with E-state index in [9.17, 15) is 14.0 Å². The molecule has 0 spiro atoms. The number of hydrogen-bond donors (Lipinski definition) is 2. The van der Waals surface area contributed by atoms with Crippen LogP contribution in [0.5, 0.6) is 0 Å². The van der Waals surface area contributed by atoms with Crippen molar-refractivity contribution in [1.82, 2.24) is 15.5 Å². The smallest absolute Gasteiger partial charge is 0.314 e. The maximum atomic E-state index is 13.1. The van der Waals surface area contributed by atoms with Crippen molar-refractivity contribution in [1.29, 1.82) is 0 Å². The van der Waals surface area contributed by atoms with E-state index in [0.29, 0.717) is 25.1 Å². The predicted octanol–water partition coefficient (Wildman–Crippen LogP) is 0.969. The van der Waals surface area contributed by atoms with Crippen LogP contribution in [0.2, 0.25) is 0 Å². The molecule has 0 aromatic heterocycles. The second kappa shape index (κ2) is 5.69. The van der Waals surface area contributed by atoms with Crippen molar-refractivity contribution >= 4 is 11.9 Å². The van der Waals surface area contributed by atoms with Gasteiger partial charge in [0.25, 0.3) is 5.91 Å². The molecule has 1 aliphatic heterocycles. The van der Waals surface area contributed by atoms with E-state index in [1.807, 2.05) is 0 Å². The molecular formula is C13H16FN3O2. The van der Waals surface area contributed by atoms with Crippen LogP contribution < -0.4 is 10.6 Å². The average Bonchev–Trinajstić information content (AvgIpc) is 2.86. The lowest BCUT2D eigenvalue weighted by Gasteiger charge is -2.17. The van der Waals surface area contributed by atoms with Gasteiger partial charge >= 0.3 is 6.03 Å². The van der Waals surface area contributed by atoms with Crippen molar-refractivity contribution in [2.45, 2.75) is 12.5 Å². The van der Waals surface area contributed by atoms with Gasteiger partial charge in [-0.3, -0.25) is 4.79 Å². The first kappa shape index (κ1) is 13.3. The average molecular weight is 265 g/mol. The van der Waals surface area contributed by atoms with Crippen molar-refractivity contribution in [3.8, 4) is 0 Å². The number of urea groups is 1. The molecule has 0 saturated carbocycles. The van der Waals surface area contributed by atoms with E-state index in [1.165, 1.54) is 18.2 Å². The van der Waals surface area contributed by atoms with Crippen LogP contribution in [-0.4, -0.2) is 43.0 Å². The summed E-state index contributed by atoms with van der Waals surface area (Å²) in [6.45, 7) is 1.01. The van der Waals surface area contributed by atoms with Gasteiger partial charge in [-0.25, -0.2) is 9.18 Å². The quantitative estimate of drug-likeness (QED) is 0.837. The molecule has 1 aromatic rings. The van der Waals surface area contributed by atoms with Gasteiger partial charge in [0, 0.05) is 31.7 Å². The Morgan fingerprint density at radius 2 is 2.21 bits per heavy atom. The third kappa shape index (κ3) is 3.21. The van der Waals surface area contributed by atoms with E-state index in [2.05, 4.69) is 10.6 Å². The molecule has 0 aliphatic carbocycles. The van der Waals surface area contributed by atoms with Crippen molar-refractivity contribution in [3.63, 3.8) is 0 Å². The maximum absolute atomic E-state index is 13.1. The Labute approximate surface area is 110 Å². The number of hydrogen-bond acceptors (Lipinski definition) is 2. The van der Waals surface area contributed by atoms with Gasteiger partial charge in [-0.15, -0.1) is 0 Å². The molecule has 1 heterocycles. The fraction of sp³-hybridized carbons (Fsp3) is 0.385. The molecule has 2 N–H and O–H groups in total. The molecule has 6 heteroatoms. The summed E-state index contributed by atoms with van der Waals surface area (Å²) in [6, 6.07) is 5.31. The summed E-state index contributed by atoms with van der Waals surface area (Å²) in [5, 5.41) is 5.23. The Hall–Kier alpha value is -2.11. The zero-order valence-electron chi connectivity index (χ0n) is 10.6. The Morgan fingerprint density at radius 1 is 1.42 bits per heavy atom. The molecule has 1 aliphatic rings. The first-order valence-electron chi connectivity index (χ1n) is 6.13. The van der Waals surface area contributed by atoms with Gasteiger partial charge in [0.1, 0.15) is 5.82 Å². The van der Waals surface area contributed by atoms with E-state index in [1.54, 1.807) is 18.0 Å². The van der Waals surface area contributed by atoms with Crippen LogP contribution >= 0.6 is 0 Å². The molecule has 1 unspecified atom stereocenters. The Morgan fingerprint density at radius 3 is 2.89 bits per heavy atom. The molecule has 19 heavy (non-hydrogen) atoms. The number of nitrogens with one attached hydrogen (secondary N) is 2. The largest absolute Gasteiger partial charge is 0.341 e. The van der Waals surface area contributed by atoms with Crippen molar-refractivity contribution in [3.05, 3.63) is 35.6 Å². The van der Waals surface area contributed by atoms with E-state index >= 15 is 0 Å². The maximum Gasteiger partial charge on any atom is 0.314 e. The van der Waals surface area contributed by atoms with E-state index < -0.39 is 5.82 Å². The molecule has 1 fully saturated rings. The van der Waals surface area contributed by atoms with E-state index in [4.69, 9.17) is 0 Å². The van der Waals surface area contributed by atoms with Crippen LogP contribution in [0.4, 0.5) is 9.18 Å². The van der Waals surface area contributed by atoms with Crippen molar-refractivity contribution in [2.24, 2.45) is 0 Å². The van der Waals surface area contributed by atoms with Crippen LogP contribution in [0, 0.1) is 5.82 Å². The highest BCUT2D eigenvalue weighted by atomic mass is 19.1. The van der Waals surface area contributed by atoms with Crippen LogP contribution in [0.25, 0.3) is 0 Å². The minimum Gasteiger partial charge on any atom is -0.341 e. The van der Waals surface area contributed by atoms with Crippen LogP contribution in [-0.2, 0) is 0 Å². The van der Waals surface area contributed by atoms with Gasteiger partial charge in [-0.1, -0.05) is 6.07 Å². The molecule has 5 nitrogen and oxygen atoms in total. The third-order valence-electron chi connectivity index (χ3n) is 3.11. The third-order valence-corrected chi connectivity index (χ3v) is 3.11. The standard InChI is InChI=1S/C13H16FN3O2/c1-15-13(19)16-11-5-6-17(8-11)12(18)9-3-2-4-10(14)7-9/h2-4,7,11H,5-6,8H2,1H3,(H2,15,16,19). The summed E-state index contributed by atoms with van der Waals surface area (Å²) in [5.41, 5.74) is 0.334. The van der Waals surface area contributed by atoms with Crippen LogP contribution in [0.15, 0.2) is 24.3 Å². The topological polar surface area (TPSA) is 61.4 Å². The lowest BCUT2D eigenvalue weighted by atomic mass is 10.2. The summed E-state index contributed by atoms with van der Waals surface area (Å²) in [4.78, 5) is 24.9. The van der Waals surface area contributed by atoms with Gasteiger partial charge < -0.3 is 15.5 Å². The number of rotatable bonds is 2. The Balaban J connectivity index is 1.97. The molecule has 3 amide bonds. The number of halogens is 1. The van der Waals surface area contributed by atoms with E-state index in [-0.39, 0.29) is 18.0 Å². The molecule has 2 rings (SSSR count). The molecule has 102 valence electrons. The number of carbonyl (C=O) groups is 2. The number of likely N-dealkylation sites (tertiary alicyclic amines) is 1. The first-order valence-corrected chi connectivity index (χ1v) is 6.13. The van der Waals surface area contributed by atoms with Crippen LogP contribution in [0.3, 0.4) is 0 Å². The van der Waals surface area contributed by atoms with Gasteiger partial charge in [-0.2, -0.15) is 0 Å². The van der Waals surface area contributed by atoms with E-state index in [0.717, 1.165) is 0 Å². The Bertz CT molecular complexity index is 493. The first-order chi connectivity index (χ1) is 9.10. The van der Waals surface area contributed by atoms with Crippen LogP contribution in [0.1, 0.15) is 16.8 Å². The van der Waals surface area contributed by atoms with Gasteiger partial charge in [0.15, 0.2) is 0 Å². The molecule has 0 bridgehead atoms. The molecule has 1 aromatic carbocycles. The number of nitrogens with zero attached hydrogens (tertiary/aromatic N) is 1. The molecule has 1 atom stereocenters. The second-order valence-electron chi connectivity index (χ2n) is 4.47. The number of amides is 3. The summed E-state index contributed by atoms with van der Waals surface area (Å²) in [7, 11) is 1.54. The molecule has 1 saturated heterocycles. The summed E-state index contributed by atoms with van der Waals surface area (Å²) >= 11 is 0. The minimum atomic E-state index is -0.426. The highest BCUT2D eigenvalue weighted by molar-refractivity contribution is 5.94. The SMILES string of the molecule is CNC(=O)NC1CCN(C(=O)c2cccc(F)c2)C1. The summed E-state index contributed by atoms with van der Waals surface area (Å²) in [6.07, 6.45) is 0.703. The normalized spacial score (nSPS) is 18.2. The highest BCUT2D eigenvalue weighted by Crippen LogP contribution is 2.14. The Kier molecular flexibility index (Phi) is 3.99. The second-order valence-corrected chi connectivity index (χ2v) is 4.47. The summed E-state index contributed by atoms with van der Waals surface area (Å²) < 4.78 is 13.1. The zero-order chi connectivity index (χ0) is 13.8. The highest BCUT2D eigenvalue weighted by Gasteiger charge is 2.27. The zero-order valence-corrected chi connectivity index (χ0v) is 10.6. The van der Waals surface area contributed by atoms with Gasteiger partial charge in [0.2, 0.25) is 0 Å². The fourth-order valence-corrected chi connectivity index (χ4v) is 2.12. The lowest BCUT2D eigenvalue weighted by molar-refractivity contribution is 0.0789. The number of benzene rings is 1. The van der Waals surface area contributed by atoms with Gasteiger partial charge in [0.05, 0.1) is 0 Å². The molecular weight excluding hydrogens is 249 g/mol.